The molecule has 1 aromatic carbocycles. The van der Waals surface area contributed by atoms with E-state index in [0.29, 0.717) is 22.9 Å². The quantitative estimate of drug-likeness (QED) is 0.781. The molecule has 2 atom stereocenters. The second kappa shape index (κ2) is 7.21. The number of ketones is 1. The van der Waals surface area contributed by atoms with Gasteiger partial charge in [-0.25, -0.2) is 0 Å². The van der Waals surface area contributed by atoms with Crippen LogP contribution in [0.15, 0.2) is 24.3 Å². The third-order valence-electron chi connectivity index (χ3n) is 4.11. The number of hydrogen-bond acceptors (Lipinski definition) is 3. The van der Waals surface area contributed by atoms with Crippen LogP contribution in [0.1, 0.15) is 30.1 Å². The molecular formula is C16H22ClNO2. The Morgan fingerprint density at radius 2 is 2.20 bits per heavy atom. The van der Waals surface area contributed by atoms with Gasteiger partial charge < -0.3 is 9.64 Å². The van der Waals surface area contributed by atoms with Crippen LogP contribution in [-0.4, -0.2) is 43.5 Å². The lowest BCUT2D eigenvalue weighted by atomic mass is 9.95. The number of benzene rings is 1. The number of methoxy groups -OCH3 is 1. The smallest absolute Gasteiger partial charge is 0.165 e. The number of carbonyl (C=O) groups is 1. The van der Waals surface area contributed by atoms with Crippen molar-refractivity contribution < 1.29 is 9.53 Å². The number of piperidine rings is 1. The van der Waals surface area contributed by atoms with E-state index < -0.39 is 0 Å². The molecule has 1 saturated heterocycles. The van der Waals surface area contributed by atoms with E-state index in [1.54, 1.807) is 19.2 Å². The maximum atomic E-state index is 12.2. The van der Waals surface area contributed by atoms with Crippen LogP contribution in [0.25, 0.3) is 0 Å². The molecule has 1 aromatic rings. The highest BCUT2D eigenvalue weighted by Gasteiger charge is 2.26. The molecule has 2 rings (SSSR count). The number of halogens is 1. The van der Waals surface area contributed by atoms with Crippen LogP contribution in [-0.2, 0) is 4.74 Å². The Hall–Kier alpha value is -0.900. The Balaban J connectivity index is 1.86. The summed E-state index contributed by atoms with van der Waals surface area (Å²) in [5, 5.41) is 0.541. The van der Waals surface area contributed by atoms with Crippen LogP contribution < -0.4 is 0 Å². The Labute approximate surface area is 125 Å². The maximum Gasteiger partial charge on any atom is 0.165 e. The lowest BCUT2D eigenvalue weighted by Crippen LogP contribution is -2.44. The molecule has 0 bridgehead atoms. The minimum atomic E-state index is 0.114. The number of hydrogen-bond donors (Lipinski definition) is 0. The number of nitrogens with zero attached hydrogens (tertiary/aromatic N) is 1. The van der Waals surface area contributed by atoms with Gasteiger partial charge in [-0.15, -0.1) is 0 Å². The normalized spacial score (nSPS) is 23.8. The van der Waals surface area contributed by atoms with E-state index in [1.165, 1.54) is 0 Å². The number of carbonyl (C=O) groups excluding carboxylic acids is 1. The fraction of sp³-hybridized carbons (Fsp3) is 0.562. The molecule has 0 saturated carbocycles. The van der Waals surface area contributed by atoms with Crippen molar-refractivity contribution in [2.45, 2.75) is 25.9 Å². The van der Waals surface area contributed by atoms with Gasteiger partial charge in [0.05, 0.1) is 11.1 Å². The highest BCUT2D eigenvalue weighted by molar-refractivity contribution is 6.33. The molecule has 0 amide bonds. The van der Waals surface area contributed by atoms with Crippen molar-refractivity contribution in [3.63, 3.8) is 0 Å². The van der Waals surface area contributed by atoms with E-state index in [4.69, 9.17) is 16.3 Å². The Morgan fingerprint density at radius 3 is 2.90 bits per heavy atom. The molecule has 0 aromatic heterocycles. The van der Waals surface area contributed by atoms with Gasteiger partial charge in [0, 0.05) is 32.2 Å². The summed E-state index contributed by atoms with van der Waals surface area (Å²) in [7, 11) is 1.76. The third kappa shape index (κ3) is 3.81. The van der Waals surface area contributed by atoms with E-state index in [0.717, 1.165) is 26.1 Å². The molecule has 4 heteroatoms. The van der Waals surface area contributed by atoms with Gasteiger partial charge in [0.2, 0.25) is 0 Å². The largest absolute Gasteiger partial charge is 0.380 e. The van der Waals surface area contributed by atoms with Crippen LogP contribution in [0.5, 0.6) is 0 Å². The van der Waals surface area contributed by atoms with E-state index in [-0.39, 0.29) is 11.9 Å². The van der Waals surface area contributed by atoms with Crippen molar-refractivity contribution in [3.8, 4) is 0 Å². The van der Waals surface area contributed by atoms with Crippen molar-refractivity contribution in [1.82, 2.24) is 4.90 Å². The summed E-state index contributed by atoms with van der Waals surface area (Å²) in [6.45, 7) is 4.95. The molecule has 2 unspecified atom stereocenters. The lowest BCUT2D eigenvalue weighted by molar-refractivity contribution is -0.00479. The van der Waals surface area contributed by atoms with Crippen LogP contribution in [0, 0.1) is 5.92 Å². The van der Waals surface area contributed by atoms with Crippen molar-refractivity contribution in [2.24, 2.45) is 5.92 Å². The first-order chi connectivity index (χ1) is 9.61. The summed E-state index contributed by atoms with van der Waals surface area (Å²) < 4.78 is 5.50. The SMILES string of the molecule is COC1CN(CCC(=O)c2ccccc2Cl)CCC1C. The molecule has 0 aliphatic carbocycles. The summed E-state index contributed by atoms with van der Waals surface area (Å²) in [6.07, 6.45) is 1.91. The molecule has 1 aliphatic heterocycles. The standard InChI is InChI=1S/C16H22ClNO2/c1-12-7-9-18(11-16(12)20-2)10-8-15(19)13-5-3-4-6-14(13)17/h3-6,12,16H,7-11H2,1-2H3. The Bertz CT molecular complexity index is 464. The number of rotatable bonds is 5. The highest BCUT2D eigenvalue weighted by atomic mass is 35.5. The predicted octanol–water partition coefficient (Wildman–Crippen LogP) is 3.27. The number of ether oxygens (including phenoxy) is 1. The van der Waals surface area contributed by atoms with Gasteiger partial charge in [0.25, 0.3) is 0 Å². The average molecular weight is 296 g/mol. The minimum Gasteiger partial charge on any atom is -0.380 e. The van der Waals surface area contributed by atoms with Crippen LogP contribution >= 0.6 is 11.6 Å². The Kier molecular flexibility index (Phi) is 5.58. The van der Waals surface area contributed by atoms with E-state index in [1.807, 2.05) is 12.1 Å². The van der Waals surface area contributed by atoms with Crippen molar-refractivity contribution in [3.05, 3.63) is 34.9 Å². The first-order valence-electron chi connectivity index (χ1n) is 7.14. The lowest BCUT2D eigenvalue weighted by Gasteiger charge is -2.36. The van der Waals surface area contributed by atoms with Gasteiger partial charge >= 0.3 is 0 Å². The highest BCUT2D eigenvalue weighted by Crippen LogP contribution is 2.21. The zero-order valence-electron chi connectivity index (χ0n) is 12.1. The summed E-state index contributed by atoms with van der Waals surface area (Å²) in [5.74, 6) is 0.707. The first-order valence-corrected chi connectivity index (χ1v) is 7.52. The molecule has 110 valence electrons. The monoisotopic (exact) mass is 295 g/mol. The van der Waals surface area contributed by atoms with Crippen LogP contribution in [0.2, 0.25) is 5.02 Å². The zero-order valence-corrected chi connectivity index (χ0v) is 12.9. The minimum absolute atomic E-state index is 0.114. The maximum absolute atomic E-state index is 12.2. The van der Waals surface area contributed by atoms with Crippen LogP contribution in [0.4, 0.5) is 0 Å². The van der Waals surface area contributed by atoms with Crippen molar-refractivity contribution in [2.75, 3.05) is 26.7 Å². The molecule has 0 radical (unpaired) electrons. The molecule has 1 heterocycles. The van der Waals surface area contributed by atoms with Gasteiger partial charge in [-0.05, 0) is 31.0 Å². The van der Waals surface area contributed by atoms with Gasteiger partial charge in [0.15, 0.2) is 5.78 Å². The van der Waals surface area contributed by atoms with Gasteiger partial charge in [-0.2, -0.15) is 0 Å². The topological polar surface area (TPSA) is 29.5 Å². The summed E-state index contributed by atoms with van der Waals surface area (Å²) in [4.78, 5) is 14.5. The van der Waals surface area contributed by atoms with E-state index >= 15 is 0 Å². The molecular weight excluding hydrogens is 274 g/mol. The third-order valence-corrected chi connectivity index (χ3v) is 4.44. The van der Waals surface area contributed by atoms with E-state index in [2.05, 4.69) is 11.8 Å². The van der Waals surface area contributed by atoms with Gasteiger partial charge in [0.1, 0.15) is 0 Å². The summed E-state index contributed by atoms with van der Waals surface area (Å²) in [6, 6.07) is 7.25. The zero-order chi connectivity index (χ0) is 14.5. The number of Topliss-reactive ketones (excluding diaryl/α,β-unsaturated/α-hetero) is 1. The fourth-order valence-corrected chi connectivity index (χ4v) is 2.93. The van der Waals surface area contributed by atoms with Crippen molar-refractivity contribution in [1.29, 1.82) is 0 Å². The van der Waals surface area contributed by atoms with Crippen molar-refractivity contribution >= 4 is 17.4 Å². The summed E-state index contributed by atoms with van der Waals surface area (Å²) >= 11 is 6.05. The van der Waals surface area contributed by atoms with E-state index in [9.17, 15) is 4.79 Å². The molecule has 0 N–H and O–H groups in total. The second-order valence-electron chi connectivity index (χ2n) is 5.49. The summed E-state index contributed by atoms with van der Waals surface area (Å²) in [5.41, 5.74) is 0.628. The van der Waals surface area contributed by atoms with Gasteiger partial charge in [-0.3, -0.25) is 4.79 Å². The molecule has 1 aliphatic rings. The Morgan fingerprint density at radius 1 is 1.45 bits per heavy atom. The first kappa shape index (κ1) is 15.5. The molecule has 1 fully saturated rings. The fourth-order valence-electron chi connectivity index (χ4n) is 2.69. The molecule has 20 heavy (non-hydrogen) atoms. The number of likely N-dealkylation sites (tertiary alicyclic amines) is 1. The average Bonchev–Trinajstić information content (AvgIpc) is 2.46. The van der Waals surface area contributed by atoms with Gasteiger partial charge in [-0.1, -0.05) is 30.7 Å². The second-order valence-corrected chi connectivity index (χ2v) is 5.90. The predicted molar refractivity (Wildman–Crippen MR) is 81.4 cm³/mol. The molecule has 3 nitrogen and oxygen atoms in total. The molecule has 0 spiro atoms. The van der Waals surface area contributed by atoms with Crippen LogP contribution in [0.3, 0.4) is 0 Å².